The first-order valence-corrected chi connectivity index (χ1v) is 7.46. The Kier molecular flexibility index (Phi) is 4.21. The van der Waals surface area contributed by atoms with E-state index in [2.05, 4.69) is 0 Å². The molecule has 2 aromatic rings. The number of nitrogens with zero attached hydrogens (tertiary/aromatic N) is 1. The highest BCUT2D eigenvalue weighted by atomic mass is 35.5. The van der Waals surface area contributed by atoms with Crippen LogP contribution in [0.1, 0.15) is 6.92 Å². The van der Waals surface area contributed by atoms with E-state index in [0.717, 1.165) is 0 Å². The fourth-order valence-electron chi connectivity index (χ4n) is 2.35. The molecule has 0 radical (unpaired) electrons. The standard InChI is InChI=1S/C17H14ClNO4/c1-11-17(21)19(14-7-2-3-8-15(14)22-11)10-16(20)23-13-6-4-5-12(18)9-13/h2-9,11H,10H2,1H3. The Labute approximate surface area is 138 Å². The zero-order chi connectivity index (χ0) is 16.4. The number of para-hydroxylation sites is 2. The van der Waals surface area contributed by atoms with Crippen molar-refractivity contribution in [3.63, 3.8) is 0 Å². The van der Waals surface area contributed by atoms with E-state index < -0.39 is 12.1 Å². The summed E-state index contributed by atoms with van der Waals surface area (Å²) in [5.74, 6) is 0.0657. The van der Waals surface area contributed by atoms with Gasteiger partial charge in [0.2, 0.25) is 0 Å². The molecule has 0 aliphatic carbocycles. The van der Waals surface area contributed by atoms with Crippen molar-refractivity contribution < 1.29 is 19.1 Å². The minimum atomic E-state index is -0.649. The summed E-state index contributed by atoms with van der Waals surface area (Å²) in [7, 11) is 0. The molecule has 2 aromatic carbocycles. The highest BCUT2D eigenvalue weighted by Crippen LogP contribution is 2.33. The highest BCUT2D eigenvalue weighted by molar-refractivity contribution is 6.30. The second-order valence-electron chi connectivity index (χ2n) is 5.08. The van der Waals surface area contributed by atoms with Crippen molar-refractivity contribution in [1.82, 2.24) is 0 Å². The lowest BCUT2D eigenvalue weighted by Crippen LogP contribution is -2.47. The Bertz CT molecular complexity index is 762. The number of benzene rings is 2. The molecule has 23 heavy (non-hydrogen) atoms. The molecule has 1 heterocycles. The molecule has 3 rings (SSSR count). The molecule has 5 nitrogen and oxygen atoms in total. The summed E-state index contributed by atoms with van der Waals surface area (Å²) in [6, 6.07) is 13.6. The minimum absolute atomic E-state index is 0.198. The van der Waals surface area contributed by atoms with Crippen molar-refractivity contribution in [3.05, 3.63) is 53.6 Å². The Hall–Kier alpha value is -2.53. The van der Waals surface area contributed by atoms with Crippen molar-refractivity contribution >= 4 is 29.2 Å². The van der Waals surface area contributed by atoms with Gasteiger partial charge in [-0.1, -0.05) is 29.8 Å². The maximum Gasteiger partial charge on any atom is 0.331 e. The monoisotopic (exact) mass is 331 g/mol. The largest absolute Gasteiger partial charge is 0.479 e. The fourth-order valence-corrected chi connectivity index (χ4v) is 2.53. The van der Waals surface area contributed by atoms with E-state index in [0.29, 0.717) is 22.2 Å². The Morgan fingerprint density at radius 1 is 1.26 bits per heavy atom. The van der Waals surface area contributed by atoms with Gasteiger partial charge in [-0.2, -0.15) is 0 Å². The minimum Gasteiger partial charge on any atom is -0.479 e. The van der Waals surface area contributed by atoms with E-state index in [4.69, 9.17) is 21.1 Å². The molecule has 0 fully saturated rings. The molecule has 1 aliphatic rings. The Morgan fingerprint density at radius 3 is 2.83 bits per heavy atom. The molecule has 0 aromatic heterocycles. The number of esters is 1. The van der Waals surface area contributed by atoms with Crippen molar-refractivity contribution in [3.8, 4) is 11.5 Å². The zero-order valence-corrected chi connectivity index (χ0v) is 13.1. The number of amides is 1. The molecular formula is C17H14ClNO4. The lowest BCUT2D eigenvalue weighted by molar-refractivity contribution is -0.135. The molecule has 6 heteroatoms. The zero-order valence-electron chi connectivity index (χ0n) is 12.4. The summed E-state index contributed by atoms with van der Waals surface area (Å²) in [5, 5.41) is 0.469. The second-order valence-corrected chi connectivity index (χ2v) is 5.52. The van der Waals surface area contributed by atoms with Crippen LogP contribution in [-0.4, -0.2) is 24.5 Å². The van der Waals surface area contributed by atoms with E-state index in [-0.39, 0.29) is 12.5 Å². The van der Waals surface area contributed by atoms with Gasteiger partial charge in [0.05, 0.1) is 5.69 Å². The van der Waals surface area contributed by atoms with Gasteiger partial charge in [0.15, 0.2) is 6.10 Å². The molecule has 1 unspecified atom stereocenters. The number of ether oxygens (including phenoxy) is 2. The Balaban J connectivity index is 1.78. The summed E-state index contributed by atoms with van der Waals surface area (Å²) in [4.78, 5) is 25.8. The van der Waals surface area contributed by atoms with Crippen LogP contribution in [0.3, 0.4) is 0 Å². The third-order valence-electron chi connectivity index (χ3n) is 3.39. The van der Waals surface area contributed by atoms with Crippen LogP contribution in [-0.2, 0) is 9.59 Å². The number of hydrogen-bond donors (Lipinski definition) is 0. The van der Waals surface area contributed by atoms with Gasteiger partial charge in [0.1, 0.15) is 18.0 Å². The van der Waals surface area contributed by atoms with Gasteiger partial charge >= 0.3 is 5.97 Å². The molecule has 0 bridgehead atoms. The number of anilines is 1. The number of hydrogen-bond acceptors (Lipinski definition) is 4. The smallest absolute Gasteiger partial charge is 0.331 e. The van der Waals surface area contributed by atoms with Gasteiger partial charge in [-0.3, -0.25) is 9.69 Å². The molecule has 0 N–H and O–H groups in total. The van der Waals surface area contributed by atoms with Crippen LogP contribution in [0.15, 0.2) is 48.5 Å². The van der Waals surface area contributed by atoms with Gasteiger partial charge in [-0.15, -0.1) is 0 Å². The lowest BCUT2D eigenvalue weighted by Gasteiger charge is -2.32. The summed E-state index contributed by atoms with van der Waals surface area (Å²) in [6.45, 7) is 1.45. The van der Waals surface area contributed by atoms with Crippen LogP contribution in [0.25, 0.3) is 0 Å². The first kappa shape index (κ1) is 15.4. The van der Waals surface area contributed by atoms with Gasteiger partial charge in [0.25, 0.3) is 5.91 Å². The number of fused-ring (bicyclic) bond motifs is 1. The molecule has 0 saturated carbocycles. The van der Waals surface area contributed by atoms with Gasteiger partial charge in [0, 0.05) is 5.02 Å². The summed E-state index contributed by atoms with van der Waals surface area (Å²) in [6.07, 6.45) is -0.649. The summed E-state index contributed by atoms with van der Waals surface area (Å²) < 4.78 is 10.8. The van der Waals surface area contributed by atoms with Gasteiger partial charge in [-0.25, -0.2) is 4.79 Å². The maximum absolute atomic E-state index is 12.3. The van der Waals surface area contributed by atoms with Crippen LogP contribution in [0.4, 0.5) is 5.69 Å². The van der Waals surface area contributed by atoms with Crippen LogP contribution in [0.2, 0.25) is 5.02 Å². The molecule has 118 valence electrons. The quantitative estimate of drug-likeness (QED) is 0.640. The lowest BCUT2D eigenvalue weighted by atomic mass is 10.2. The summed E-state index contributed by atoms with van der Waals surface area (Å²) >= 11 is 5.86. The maximum atomic E-state index is 12.3. The van der Waals surface area contributed by atoms with Crippen LogP contribution < -0.4 is 14.4 Å². The van der Waals surface area contributed by atoms with Gasteiger partial charge < -0.3 is 9.47 Å². The highest BCUT2D eigenvalue weighted by Gasteiger charge is 2.32. The SMILES string of the molecule is CC1Oc2ccccc2N(CC(=O)Oc2cccc(Cl)c2)C1=O. The number of carbonyl (C=O) groups excluding carboxylic acids is 2. The molecule has 0 spiro atoms. The van der Waals surface area contributed by atoms with Crippen molar-refractivity contribution in [2.45, 2.75) is 13.0 Å². The van der Waals surface area contributed by atoms with E-state index in [1.54, 1.807) is 43.3 Å². The number of halogens is 1. The topological polar surface area (TPSA) is 55.8 Å². The predicted octanol–water partition coefficient (Wildman–Crippen LogP) is 3.06. The second kappa shape index (κ2) is 6.30. The molecule has 0 saturated heterocycles. The van der Waals surface area contributed by atoms with Gasteiger partial charge in [-0.05, 0) is 37.3 Å². The average Bonchev–Trinajstić information content (AvgIpc) is 2.52. The van der Waals surface area contributed by atoms with Crippen molar-refractivity contribution in [2.24, 2.45) is 0 Å². The first-order chi connectivity index (χ1) is 11.0. The van der Waals surface area contributed by atoms with Crippen LogP contribution in [0, 0.1) is 0 Å². The Morgan fingerprint density at radius 2 is 2.04 bits per heavy atom. The number of rotatable bonds is 3. The first-order valence-electron chi connectivity index (χ1n) is 7.08. The summed E-state index contributed by atoms with van der Waals surface area (Å²) in [5.41, 5.74) is 0.554. The molecule has 1 amide bonds. The van der Waals surface area contributed by atoms with E-state index in [9.17, 15) is 9.59 Å². The van der Waals surface area contributed by atoms with Crippen LogP contribution in [0.5, 0.6) is 11.5 Å². The van der Waals surface area contributed by atoms with E-state index >= 15 is 0 Å². The molecule has 1 atom stereocenters. The third-order valence-corrected chi connectivity index (χ3v) is 3.62. The fraction of sp³-hybridized carbons (Fsp3) is 0.176. The average molecular weight is 332 g/mol. The third kappa shape index (κ3) is 3.29. The van der Waals surface area contributed by atoms with E-state index in [1.165, 1.54) is 11.0 Å². The van der Waals surface area contributed by atoms with Crippen molar-refractivity contribution in [2.75, 3.05) is 11.4 Å². The van der Waals surface area contributed by atoms with Crippen LogP contribution >= 0.6 is 11.6 Å². The predicted molar refractivity (Wildman–Crippen MR) is 86.0 cm³/mol. The van der Waals surface area contributed by atoms with Crippen molar-refractivity contribution in [1.29, 1.82) is 0 Å². The van der Waals surface area contributed by atoms with E-state index in [1.807, 2.05) is 6.07 Å². The normalized spacial score (nSPS) is 16.5. The molecular weight excluding hydrogens is 318 g/mol. The number of carbonyl (C=O) groups is 2. The molecule has 1 aliphatic heterocycles.